The number of carbonyl (C=O) groups excluding carboxylic acids is 1. The Balaban J connectivity index is 1.31. The molecule has 37 heavy (non-hydrogen) atoms. The maximum atomic E-state index is 13.5. The molecule has 1 fully saturated rings. The summed E-state index contributed by atoms with van der Waals surface area (Å²) in [4.78, 5) is 22.3. The van der Waals surface area contributed by atoms with E-state index >= 15 is 0 Å². The lowest BCUT2D eigenvalue weighted by molar-refractivity contribution is 0.0701. The van der Waals surface area contributed by atoms with E-state index in [4.69, 9.17) is 21.5 Å². The molecule has 4 N–H and O–H groups in total. The number of nitrogens with two attached hydrogens (primary N) is 1. The highest BCUT2D eigenvalue weighted by atomic mass is 35.5. The molecular weight excluding hydrogens is 540 g/mol. The van der Waals surface area contributed by atoms with Gasteiger partial charge >= 0.3 is 10.3 Å². The summed E-state index contributed by atoms with van der Waals surface area (Å²) >= 11 is 7.48. The van der Waals surface area contributed by atoms with E-state index in [-0.39, 0.29) is 24.5 Å². The van der Waals surface area contributed by atoms with E-state index in [0.29, 0.717) is 40.7 Å². The van der Waals surface area contributed by atoms with Crippen molar-refractivity contribution >= 4 is 44.8 Å². The van der Waals surface area contributed by atoms with Crippen LogP contribution in [0, 0.1) is 5.92 Å². The SMILES string of the molecule is NS(=O)(=O)OC[C@H]1C[C@@H](Nc2ncncc2C(=O)c2cc([C@@H]3OCCc4cc(Cl)ccc43)cs2)C[C@@H]1O. The lowest BCUT2D eigenvalue weighted by atomic mass is 9.94. The first-order valence-electron chi connectivity index (χ1n) is 11.6. The Hall–Kier alpha value is -2.45. The molecular formula is C24H25ClN4O6S2. The topological polar surface area (TPSA) is 154 Å². The van der Waals surface area contributed by atoms with Gasteiger partial charge in [-0.15, -0.1) is 11.3 Å². The molecule has 3 heterocycles. The fourth-order valence-electron chi connectivity index (χ4n) is 4.83. The summed E-state index contributed by atoms with van der Waals surface area (Å²) in [5.74, 6) is -0.321. The van der Waals surface area contributed by atoms with E-state index in [1.54, 1.807) is 0 Å². The lowest BCUT2D eigenvalue weighted by Crippen LogP contribution is -2.24. The number of benzene rings is 1. The van der Waals surface area contributed by atoms with E-state index in [1.807, 2.05) is 29.6 Å². The molecule has 3 aromatic rings. The number of aromatic nitrogens is 2. The zero-order chi connectivity index (χ0) is 26.2. The Bertz CT molecular complexity index is 1420. The molecule has 0 radical (unpaired) electrons. The molecule has 2 aliphatic rings. The van der Waals surface area contributed by atoms with Gasteiger partial charge in [0, 0.05) is 23.2 Å². The van der Waals surface area contributed by atoms with Crippen molar-refractivity contribution in [2.75, 3.05) is 18.5 Å². The third-order valence-corrected chi connectivity index (χ3v) is 8.24. The van der Waals surface area contributed by atoms with Gasteiger partial charge in [0.25, 0.3) is 0 Å². The Morgan fingerprint density at radius 2 is 2.16 bits per heavy atom. The van der Waals surface area contributed by atoms with Crippen molar-refractivity contribution in [2.24, 2.45) is 11.1 Å². The molecule has 1 aromatic carbocycles. The molecule has 1 aliphatic carbocycles. The first-order valence-corrected chi connectivity index (χ1v) is 14.4. The number of ketones is 1. The Labute approximate surface area is 223 Å². The summed E-state index contributed by atoms with van der Waals surface area (Å²) in [5.41, 5.74) is 3.36. The number of thiophene rings is 1. The number of aliphatic hydroxyl groups is 1. The smallest absolute Gasteiger partial charge is 0.333 e. The van der Waals surface area contributed by atoms with Crippen LogP contribution in [0.25, 0.3) is 0 Å². The van der Waals surface area contributed by atoms with Crippen LogP contribution in [0.4, 0.5) is 5.82 Å². The molecule has 0 amide bonds. The van der Waals surface area contributed by atoms with Gasteiger partial charge in [-0.3, -0.25) is 8.98 Å². The van der Waals surface area contributed by atoms with E-state index in [9.17, 15) is 18.3 Å². The third-order valence-electron chi connectivity index (χ3n) is 6.59. The summed E-state index contributed by atoms with van der Waals surface area (Å²) < 4.78 is 32.9. The van der Waals surface area contributed by atoms with Crippen LogP contribution in [-0.4, -0.2) is 54.6 Å². The summed E-state index contributed by atoms with van der Waals surface area (Å²) in [6, 6.07) is 7.34. The monoisotopic (exact) mass is 564 g/mol. The van der Waals surface area contributed by atoms with Crippen LogP contribution < -0.4 is 10.5 Å². The maximum absolute atomic E-state index is 13.5. The normalized spacial score (nSPS) is 23.5. The van der Waals surface area contributed by atoms with Crippen molar-refractivity contribution in [1.29, 1.82) is 0 Å². The van der Waals surface area contributed by atoms with Crippen LogP contribution in [0.2, 0.25) is 5.02 Å². The lowest BCUT2D eigenvalue weighted by Gasteiger charge is -2.25. The second-order valence-electron chi connectivity index (χ2n) is 9.12. The van der Waals surface area contributed by atoms with Crippen molar-refractivity contribution in [3.63, 3.8) is 0 Å². The van der Waals surface area contributed by atoms with Crippen molar-refractivity contribution in [3.05, 3.63) is 74.3 Å². The van der Waals surface area contributed by atoms with Crippen molar-refractivity contribution < 1.29 is 27.2 Å². The van der Waals surface area contributed by atoms with Gasteiger partial charge < -0.3 is 15.2 Å². The number of nitrogens with one attached hydrogen (secondary N) is 1. The van der Waals surface area contributed by atoms with Crippen LogP contribution in [0.5, 0.6) is 0 Å². The first-order chi connectivity index (χ1) is 17.7. The van der Waals surface area contributed by atoms with Gasteiger partial charge in [0.2, 0.25) is 5.78 Å². The molecule has 2 aromatic heterocycles. The van der Waals surface area contributed by atoms with E-state index in [1.165, 1.54) is 23.9 Å². The van der Waals surface area contributed by atoms with Crippen LogP contribution in [0.15, 0.2) is 42.2 Å². The minimum absolute atomic E-state index is 0.218. The molecule has 1 saturated carbocycles. The average molecular weight is 565 g/mol. The molecule has 0 saturated heterocycles. The van der Waals surface area contributed by atoms with E-state index in [0.717, 1.165) is 23.1 Å². The largest absolute Gasteiger partial charge is 0.393 e. The molecule has 10 nitrogen and oxygen atoms in total. The quantitative estimate of drug-likeness (QED) is 0.350. The number of hydrogen-bond donors (Lipinski definition) is 3. The molecule has 13 heteroatoms. The van der Waals surface area contributed by atoms with Crippen LogP contribution in [0.1, 0.15) is 50.9 Å². The number of fused-ring (bicyclic) bond motifs is 1. The number of anilines is 1. The highest BCUT2D eigenvalue weighted by Crippen LogP contribution is 2.37. The summed E-state index contributed by atoms with van der Waals surface area (Å²) in [5, 5.41) is 21.0. The summed E-state index contributed by atoms with van der Waals surface area (Å²) in [7, 11) is -4.10. The summed E-state index contributed by atoms with van der Waals surface area (Å²) in [6.07, 6.45) is 3.27. The maximum Gasteiger partial charge on any atom is 0.333 e. The zero-order valence-electron chi connectivity index (χ0n) is 19.5. The van der Waals surface area contributed by atoms with Gasteiger partial charge in [0.1, 0.15) is 18.2 Å². The molecule has 0 unspecified atom stereocenters. The Kier molecular flexibility index (Phi) is 7.59. The highest BCUT2D eigenvalue weighted by Gasteiger charge is 2.35. The van der Waals surface area contributed by atoms with Gasteiger partial charge in [-0.1, -0.05) is 17.7 Å². The highest BCUT2D eigenvalue weighted by molar-refractivity contribution is 7.84. The van der Waals surface area contributed by atoms with Crippen LogP contribution >= 0.6 is 22.9 Å². The molecule has 0 bridgehead atoms. The van der Waals surface area contributed by atoms with E-state index < -0.39 is 22.3 Å². The Morgan fingerprint density at radius 3 is 2.97 bits per heavy atom. The second kappa shape index (κ2) is 10.7. The summed E-state index contributed by atoms with van der Waals surface area (Å²) in [6.45, 7) is 0.346. The second-order valence-corrected chi connectivity index (χ2v) is 11.7. The fourth-order valence-corrected chi connectivity index (χ4v) is 6.26. The van der Waals surface area contributed by atoms with Crippen molar-refractivity contribution in [1.82, 2.24) is 9.97 Å². The first kappa shape index (κ1) is 26.2. The van der Waals surface area contributed by atoms with Crippen LogP contribution in [-0.2, 0) is 25.6 Å². The van der Waals surface area contributed by atoms with Gasteiger partial charge in [0.15, 0.2) is 0 Å². The number of ether oxygens (including phenoxy) is 1. The number of aliphatic hydroxyl groups excluding tert-OH is 1. The van der Waals surface area contributed by atoms with Crippen molar-refractivity contribution in [3.8, 4) is 0 Å². The number of nitrogens with zero attached hydrogens (tertiary/aromatic N) is 2. The Morgan fingerprint density at radius 1 is 1.32 bits per heavy atom. The van der Waals surface area contributed by atoms with Gasteiger partial charge in [-0.2, -0.15) is 8.42 Å². The minimum atomic E-state index is -4.10. The fraction of sp³-hybridized carbons (Fsp3) is 0.375. The number of halogens is 1. The van der Waals surface area contributed by atoms with Gasteiger partial charge in [-0.05, 0) is 59.5 Å². The third kappa shape index (κ3) is 6.01. The number of hydrogen-bond acceptors (Lipinski definition) is 10. The van der Waals surface area contributed by atoms with Crippen molar-refractivity contribution in [2.45, 2.75) is 37.5 Å². The standard InChI is InChI=1S/C24H25ClN4O6S2/c25-16-1-2-18-13(5-16)3-4-34-23(18)15-7-21(36-11-15)22(31)19-9-27-12-28-24(19)29-17-6-14(20(30)8-17)10-35-37(26,32)33/h1-2,5,7,9,11-12,14,17,20,23,30H,3-4,6,8,10H2,(H2,26,32,33)(H,27,28,29)/t14-,17-,20+,23+/m1/s1. The number of rotatable bonds is 8. The van der Waals surface area contributed by atoms with E-state index in [2.05, 4.69) is 19.5 Å². The molecule has 5 rings (SSSR count). The minimum Gasteiger partial charge on any atom is -0.393 e. The molecule has 196 valence electrons. The van der Waals surface area contributed by atoms with Crippen LogP contribution in [0.3, 0.4) is 0 Å². The average Bonchev–Trinajstić information content (AvgIpc) is 3.48. The molecule has 1 aliphatic heterocycles. The predicted molar refractivity (Wildman–Crippen MR) is 138 cm³/mol. The molecule has 0 spiro atoms. The molecule has 4 atom stereocenters. The zero-order valence-corrected chi connectivity index (χ0v) is 21.9. The predicted octanol–water partition coefficient (Wildman–Crippen LogP) is 2.86. The van der Waals surface area contributed by atoms with Gasteiger partial charge in [-0.25, -0.2) is 15.1 Å². The number of carbonyl (C=O) groups is 1. The van der Waals surface area contributed by atoms with Gasteiger partial charge in [0.05, 0.1) is 29.8 Å².